The molecule has 0 aliphatic rings. The summed E-state index contributed by atoms with van der Waals surface area (Å²) in [6.07, 6.45) is 2.51. The van der Waals surface area contributed by atoms with Gasteiger partial charge in [0.05, 0.1) is 0 Å². The number of carbonyl (C=O) groups excluding carboxylic acids is 1. The van der Waals surface area contributed by atoms with Crippen molar-refractivity contribution in [3.63, 3.8) is 0 Å². The molecule has 66 valence electrons. The fourth-order valence-electron chi connectivity index (χ4n) is 0.952. The van der Waals surface area contributed by atoms with E-state index in [2.05, 4.69) is 19.2 Å². The Hall–Kier alpha value is -0.570. The molecule has 0 aromatic rings. The van der Waals surface area contributed by atoms with E-state index in [1.54, 1.807) is 0 Å². The van der Waals surface area contributed by atoms with E-state index in [-0.39, 0.29) is 11.9 Å². The molecule has 0 saturated carbocycles. The first-order valence-electron chi connectivity index (χ1n) is 4.22. The highest BCUT2D eigenvalue weighted by Gasteiger charge is 2.06. The van der Waals surface area contributed by atoms with Gasteiger partial charge in [-0.3, -0.25) is 4.79 Å². The number of primary amides is 1. The summed E-state index contributed by atoms with van der Waals surface area (Å²) < 4.78 is 0. The van der Waals surface area contributed by atoms with Crippen LogP contribution in [0.4, 0.5) is 0 Å². The molecule has 0 aliphatic carbocycles. The lowest BCUT2D eigenvalue weighted by molar-refractivity contribution is -0.118. The minimum absolute atomic E-state index is 0.222. The molecule has 0 saturated heterocycles. The fraction of sp³-hybridized carbons (Fsp3) is 0.875. The summed E-state index contributed by atoms with van der Waals surface area (Å²) in [6, 6.07) is 0.271. The number of nitrogens with one attached hydrogen (secondary N) is 1. The van der Waals surface area contributed by atoms with Crippen molar-refractivity contribution in [1.82, 2.24) is 5.32 Å². The molecule has 0 aromatic carbocycles. The van der Waals surface area contributed by atoms with Crippen molar-refractivity contribution in [1.29, 1.82) is 0 Å². The van der Waals surface area contributed by atoms with Crippen LogP contribution in [0.25, 0.3) is 0 Å². The van der Waals surface area contributed by atoms with Crippen molar-refractivity contribution in [2.75, 3.05) is 6.54 Å². The second kappa shape index (κ2) is 6.16. The van der Waals surface area contributed by atoms with Crippen molar-refractivity contribution >= 4 is 5.91 Å². The van der Waals surface area contributed by atoms with Gasteiger partial charge in [0.2, 0.25) is 5.91 Å². The number of hydrogen-bond donors (Lipinski definition) is 2. The average molecular weight is 158 g/mol. The molecule has 1 amide bonds. The Morgan fingerprint density at radius 2 is 2.18 bits per heavy atom. The van der Waals surface area contributed by atoms with Gasteiger partial charge in [-0.05, 0) is 19.4 Å². The van der Waals surface area contributed by atoms with Crippen molar-refractivity contribution in [3.05, 3.63) is 0 Å². The van der Waals surface area contributed by atoms with Crippen molar-refractivity contribution in [3.8, 4) is 0 Å². The summed E-state index contributed by atoms with van der Waals surface area (Å²) in [7, 11) is 0. The molecule has 0 spiro atoms. The molecule has 3 heteroatoms. The van der Waals surface area contributed by atoms with E-state index in [0.717, 1.165) is 19.4 Å². The molecule has 0 rings (SSSR count). The van der Waals surface area contributed by atoms with Gasteiger partial charge in [0.15, 0.2) is 0 Å². The zero-order chi connectivity index (χ0) is 8.69. The minimum Gasteiger partial charge on any atom is -0.370 e. The summed E-state index contributed by atoms with van der Waals surface area (Å²) in [6.45, 7) is 5.12. The predicted molar refractivity (Wildman–Crippen MR) is 46.2 cm³/mol. The molecule has 1 unspecified atom stereocenters. The summed E-state index contributed by atoms with van der Waals surface area (Å²) in [4.78, 5) is 10.5. The smallest absolute Gasteiger partial charge is 0.218 e. The number of carbonyl (C=O) groups is 1. The Bertz CT molecular complexity index is 115. The van der Waals surface area contributed by atoms with Gasteiger partial charge < -0.3 is 11.1 Å². The molecule has 3 nitrogen and oxygen atoms in total. The van der Waals surface area contributed by atoms with Crippen LogP contribution in [0.2, 0.25) is 0 Å². The van der Waals surface area contributed by atoms with Gasteiger partial charge in [0.1, 0.15) is 0 Å². The molecule has 3 N–H and O–H groups in total. The molecule has 0 aliphatic heterocycles. The molecule has 0 aromatic heterocycles. The van der Waals surface area contributed by atoms with Crippen LogP contribution < -0.4 is 11.1 Å². The monoisotopic (exact) mass is 158 g/mol. The molecular weight excluding hydrogens is 140 g/mol. The Morgan fingerprint density at radius 1 is 1.55 bits per heavy atom. The van der Waals surface area contributed by atoms with E-state index in [4.69, 9.17) is 5.73 Å². The first kappa shape index (κ1) is 10.4. The Morgan fingerprint density at radius 3 is 2.55 bits per heavy atom. The third kappa shape index (κ3) is 5.85. The lowest BCUT2D eigenvalue weighted by atomic mass is 10.1. The van der Waals surface area contributed by atoms with Crippen molar-refractivity contribution in [2.24, 2.45) is 5.73 Å². The maximum Gasteiger partial charge on any atom is 0.218 e. The fourth-order valence-corrected chi connectivity index (χ4v) is 0.952. The largest absolute Gasteiger partial charge is 0.370 e. The van der Waals surface area contributed by atoms with Crippen LogP contribution in [-0.2, 0) is 4.79 Å². The number of nitrogens with two attached hydrogens (primary N) is 1. The summed E-state index contributed by atoms with van der Waals surface area (Å²) in [5.41, 5.74) is 5.06. The first-order valence-corrected chi connectivity index (χ1v) is 4.22. The van der Waals surface area contributed by atoms with E-state index in [0.29, 0.717) is 6.42 Å². The molecular formula is C8H18N2O. The maximum absolute atomic E-state index is 10.5. The van der Waals surface area contributed by atoms with Crippen LogP contribution in [0.3, 0.4) is 0 Å². The highest BCUT2D eigenvalue weighted by Crippen LogP contribution is 1.95. The zero-order valence-corrected chi connectivity index (χ0v) is 7.39. The van der Waals surface area contributed by atoms with E-state index in [9.17, 15) is 4.79 Å². The number of hydrogen-bond acceptors (Lipinski definition) is 2. The molecule has 0 heterocycles. The van der Waals surface area contributed by atoms with Gasteiger partial charge in [0, 0.05) is 12.5 Å². The maximum atomic E-state index is 10.5. The van der Waals surface area contributed by atoms with E-state index in [1.807, 2.05) is 0 Å². The summed E-state index contributed by atoms with van der Waals surface area (Å²) >= 11 is 0. The first-order chi connectivity index (χ1) is 5.20. The third-order valence-corrected chi connectivity index (χ3v) is 1.62. The average Bonchev–Trinajstić information content (AvgIpc) is 1.97. The van der Waals surface area contributed by atoms with Crippen LogP contribution in [-0.4, -0.2) is 18.5 Å². The van der Waals surface area contributed by atoms with E-state index in [1.165, 1.54) is 0 Å². The second-order valence-electron chi connectivity index (χ2n) is 2.73. The Balaban J connectivity index is 3.49. The van der Waals surface area contributed by atoms with Crippen LogP contribution in [0.15, 0.2) is 0 Å². The highest BCUT2D eigenvalue weighted by molar-refractivity contribution is 5.74. The quantitative estimate of drug-likeness (QED) is 0.596. The number of rotatable bonds is 6. The van der Waals surface area contributed by atoms with E-state index >= 15 is 0 Å². The van der Waals surface area contributed by atoms with Crippen molar-refractivity contribution < 1.29 is 4.79 Å². The van der Waals surface area contributed by atoms with Gasteiger partial charge in [-0.2, -0.15) is 0 Å². The topological polar surface area (TPSA) is 55.1 Å². The SMILES string of the molecule is CCCNC(CC)CC(N)=O. The molecule has 0 radical (unpaired) electrons. The molecule has 11 heavy (non-hydrogen) atoms. The summed E-state index contributed by atoms with van der Waals surface area (Å²) in [5, 5.41) is 3.25. The molecule has 0 fully saturated rings. The van der Waals surface area contributed by atoms with Gasteiger partial charge in [-0.25, -0.2) is 0 Å². The normalized spacial score (nSPS) is 12.9. The van der Waals surface area contributed by atoms with Gasteiger partial charge in [-0.15, -0.1) is 0 Å². The minimum atomic E-state index is -0.222. The van der Waals surface area contributed by atoms with Gasteiger partial charge in [-0.1, -0.05) is 13.8 Å². The standard InChI is InChI=1S/C8H18N2O/c1-3-5-10-7(4-2)6-8(9)11/h7,10H,3-6H2,1-2H3,(H2,9,11). The summed E-state index contributed by atoms with van der Waals surface area (Å²) in [5.74, 6) is -0.222. The van der Waals surface area contributed by atoms with Crippen LogP contribution in [0.1, 0.15) is 33.1 Å². The molecule has 1 atom stereocenters. The molecule has 0 bridgehead atoms. The lowest BCUT2D eigenvalue weighted by Gasteiger charge is -2.13. The van der Waals surface area contributed by atoms with Crippen LogP contribution in [0, 0.1) is 0 Å². The zero-order valence-electron chi connectivity index (χ0n) is 7.39. The van der Waals surface area contributed by atoms with Crippen molar-refractivity contribution in [2.45, 2.75) is 39.2 Å². The number of amides is 1. The second-order valence-corrected chi connectivity index (χ2v) is 2.73. The van der Waals surface area contributed by atoms with Crippen LogP contribution in [0.5, 0.6) is 0 Å². The van der Waals surface area contributed by atoms with E-state index < -0.39 is 0 Å². The Kier molecular flexibility index (Phi) is 5.84. The predicted octanol–water partition coefficient (Wildman–Crippen LogP) is 0.640. The van der Waals surface area contributed by atoms with Gasteiger partial charge in [0.25, 0.3) is 0 Å². The van der Waals surface area contributed by atoms with Crippen LogP contribution >= 0.6 is 0 Å². The highest BCUT2D eigenvalue weighted by atomic mass is 16.1. The third-order valence-electron chi connectivity index (χ3n) is 1.62. The van der Waals surface area contributed by atoms with Gasteiger partial charge >= 0.3 is 0 Å². The Labute approximate surface area is 68.3 Å². The lowest BCUT2D eigenvalue weighted by Crippen LogP contribution is -2.33.